The lowest BCUT2D eigenvalue weighted by atomic mass is 10.2. The van der Waals surface area contributed by atoms with Crippen LogP contribution in [0.5, 0.6) is 0 Å². The van der Waals surface area contributed by atoms with Gasteiger partial charge in [-0.05, 0) is 12.1 Å². The molecule has 0 amide bonds. The summed E-state index contributed by atoms with van der Waals surface area (Å²) in [6, 6.07) is 3.50. The summed E-state index contributed by atoms with van der Waals surface area (Å²) in [4.78, 5) is 2.14. The number of nitrogen functional groups attached to an aromatic ring is 1. The first-order chi connectivity index (χ1) is 6.68. The van der Waals surface area contributed by atoms with Gasteiger partial charge in [0.05, 0.1) is 21.4 Å². The molecule has 14 heavy (non-hydrogen) atoms. The van der Waals surface area contributed by atoms with E-state index in [-0.39, 0.29) is 0 Å². The van der Waals surface area contributed by atoms with Crippen molar-refractivity contribution >= 4 is 34.6 Å². The van der Waals surface area contributed by atoms with Gasteiger partial charge in [0.2, 0.25) is 0 Å². The Morgan fingerprint density at radius 1 is 1.07 bits per heavy atom. The van der Waals surface area contributed by atoms with Gasteiger partial charge in [-0.1, -0.05) is 35.4 Å². The van der Waals surface area contributed by atoms with Gasteiger partial charge in [-0.25, -0.2) is 0 Å². The number of hydrogen-bond donors (Lipinski definition) is 1. The predicted octanol–water partition coefficient (Wildman–Crippen LogP) is 2.95. The monoisotopic (exact) mass is 228 g/mol. The molecule has 0 fully saturated rings. The van der Waals surface area contributed by atoms with E-state index in [1.807, 2.05) is 6.07 Å². The molecular weight excluding hydrogens is 219 g/mol. The fourth-order valence-electron chi connectivity index (χ4n) is 1.50. The molecule has 1 aromatic carbocycles. The van der Waals surface area contributed by atoms with Crippen LogP contribution in [-0.2, 0) is 0 Å². The van der Waals surface area contributed by atoms with Crippen LogP contribution in [0, 0.1) is 0 Å². The summed E-state index contributed by atoms with van der Waals surface area (Å²) in [5.74, 6) is 0. The average molecular weight is 229 g/mol. The maximum Gasteiger partial charge on any atom is 0.0621 e. The molecule has 0 radical (unpaired) electrons. The lowest BCUT2D eigenvalue weighted by Crippen LogP contribution is -2.19. The highest BCUT2D eigenvalue weighted by Crippen LogP contribution is 2.33. The molecule has 0 spiro atoms. The molecule has 1 heterocycles. The van der Waals surface area contributed by atoms with Gasteiger partial charge in [0.15, 0.2) is 0 Å². The van der Waals surface area contributed by atoms with Crippen molar-refractivity contribution in [2.75, 3.05) is 23.7 Å². The van der Waals surface area contributed by atoms with Crippen molar-refractivity contribution in [1.82, 2.24) is 0 Å². The number of benzene rings is 1. The van der Waals surface area contributed by atoms with Crippen molar-refractivity contribution in [3.63, 3.8) is 0 Å². The van der Waals surface area contributed by atoms with Crippen LogP contribution in [-0.4, -0.2) is 13.1 Å². The maximum absolute atomic E-state index is 5.93. The Hall–Kier alpha value is -0.860. The first kappa shape index (κ1) is 9.69. The Morgan fingerprint density at radius 3 is 2.29 bits per heavy atom. The zero-order valence-corrected chi connectivity index (χ0v) is 9.02. The molecule has 0 atom stereocenters. The number of rotatable bonds is 1. The molecule has 2 N–H and O–H groups in total. The Labute approximate surface area is 92.9 Å². The molecule has 1 aromatic rings. The van der Waals surface area contributed by atoms with Gasteiger partial charge in [-0.3, -0.25) is 0 Å². The number of anilines is 2. The van der Waals surface area contributed by atoms with E-state index < -0.39 is 0 Å². The van der Waals surface area contributed by atoms with Crippen LogP contribution >= 0.6 is 23.2 Å². The van der Waals surface area contributed by atoms with E-state index >= 15 is 0 Å². The third kappa shape index (κ3) is 1.68. The zero-order chi connectivity index (χ0) is 10.1. The molecule has 1 aliphatic rings. The summed E-state index contributed by atoms with van der Waals surface area (Å²) in [5.41, 5.74) is 7.48. The predicted molar refractivity (Wildman–Crippen MR) is 62.2 cm³/mol. The minimum absolute atomic E-state index is 0.500. The van der Waals surface area contributed by atoms with Crippen LogP contribution < -0.4 is 10.6 Å². The zero-order valence-electron chi connectivity index (χ0n) is 7.50. The van der Waals surface area contributed by atoms with E-state index in [4.69, 9.17) is 28.9 Å². The Kier molecular flexibility index (Phi) is 2.57. The van der Waals surface area contributed by atoms with Crippen LogP contribution in [0.1, 0.15) is 0 Å². The normalized spacial score (nSPS) is 15.1. The van der Waals surface area contributed by atoms with E-state index in [1.54, 1.807) is 6.07 Å². The Morgan fingerprint density at radius 2 is 1.64 bits per heavy atom. The van der Waals surface area contributed by atoms with Gasteiger partial charge in [0.1, 0.15) is 0 Å². The fourth-order valence-corrected chi connectivity index (χ4v) is 1.83. The van der Waals surface area contributed by atoms with Crippen LogP contribution in [0.15, 0.2) is 24.3 Å². The highest BCUT2D eigenvalue weighted by atomic mass is 35.5. The SMILES string of the molecule is Nc1cc(Cl)c(Cl)cc1N1CC=CC1. The first-order valence-electron chi connectivity index (χ1n) is 4.33. The largest absolute Gasteiger partial charge is 0.397 e. The van der Waals surface area contributed by atoms with Gasteiger partial charge < -0.3 is 10.6 Å². The van der Waals surface area contributed by atoms with Gasteiger partial charge in [0, 0.05) is 13.1 Å². The summed E-state index contributed by atoms with van der Waals surface area (Å²) in [7, 11) is 0. The minimum Gasteiger partial charge on any atom is -0.397 e. The third-order valence-electron chi connectivity index (χ3n) is 2.23. The van der Waals surface area contributed by atoms with Crippen LogP contribution in [0.3, 0.4) is 0 Å². The second kappa shape index (κ2) is 3.71. The molecule has 74 valence electrons. The highest BCUT2D eigenvalue weighted by Gasteiger charge is 2.12. The van der Waals surface area contributed by atoms with Crippen molar-refractivity contribution < 1.29 is 0 Å². The van der Waals surface area contributed by atoms with E-state index in [9.17, 15) is 0 Å². The van der Waals surface area contributed by atoms with E-state index in [2.05, 4.69) is 17.1 Å². The number of nitrogens with zero attached hydrogens (tertiary/aromatic N) is 1. The van der Waals surface area contributed by atoms with Crippen molar-refractivity contribution in [2.45, 2.75) is 0 Å². The lowest BCUT2D eigenvalue weighted by Gasteiger charge is -2.20. The van der Waals surface area contributed by atoms with E-state index in [0.717, 1.165) is 18.8 Å². The average Bonchev–Trinajstić information content (AvgIpc) is 2.64. The molecule has 2 nitrogen and oxygen atoms in total. The second-order valence-corrected chi connectivity index (χ2v) is 4.02. The van der Waals surface area contributed by atoms with Crippen LogP contribution in [0.25, 0.3) is 0 Å². The highest BCUT2D eigenvalue weighted by molar-refractivity contribution is 6.42. The third-order valence-corrected chi connectivity index (χ3v) is 2.95. The molecular formula is C10H10Cl2N2. The van der Waals surface area contributed by atoms with Crippen molar-refractivity contribution in [1.29, 1.82) is 0 Å². The number of nitrogens with two attached hydrogens (primary N) is 1. The molecule has 0 bridgehead atoms. The molecule has 4 heteroatoms. The van der Waals surface area contributed by atoms with Gasteiger partial charge in [-0.2, -0.15) is 0 Å². The summed E-state index contributed by atoms with van der Waals surface area (Å²) >= 11 is 11.8. The van der Waals surface area contributed by atoms with Gasteiger partial charge in [0.25, 0.3) is 0 Å². The van der Waals surface area contributed by atoms with Gasteiger partial charge >= 0.3 is 0 Å². The molecule has 0 aromatic heterocycles. The second-order valence-electron chi connectivity index (χ2n) is 3.20. The quantitative estimate of drug-likeness (QED) is 0.592. The summed E-state index contributed by atoms with van der Waals surface area (Å²) in [5, 5.41) is 1.04. The Bertz CT molecular complexity index is 380. The van der Waals surface area contributed by atoms with E-state index in [1.165, 1.54) is 0 Å². The van der Waals surface area contributed by atoms with Crippen LogP contribution in [0.2, 0.25) is 10.0 Å². The molecule has 0 saturated carbocycles. The van der Waals surface area contributed by atoms with Crippen molar-refractivity contribution in [2.24, 2.45) is 0 Å². The minimum atomic E-state index is 0.500. The Balaban J connectivity index is 2.38. The molecule has 0 aliphatic carbocycles. The van der Waals surface area contributed by atoms with Gasteiger partial charge in [-0.15, -0.1) is 0 Å². The number of halogens is 2. The molecule has 0 saturated heterocycles. The molecule has 1 aliphatic heterocycles. The maximum atomic E-state index is 5.93. The van der Waals surface area contributed by atoms with Crippen LogP contribution in [0.4, 0.5) is 11.4 Å². The fraction of sp³-hybridized carbons (Fsp3) is 0.200. The summed E-state index contributed by atoms with van der Waals surface area (Å²) < 4.78 is 0. The molecule has 0 unspecified atom stereocenters. The van der Waals surface area contributed by atoms with Crippen molar-refractivity contribution in [3.8, 4) is 0 Å². The standard InChI is InChI=1S/C10H10Cl2N2/c11-7-5-9(13)10(6-8(7)12)14-3-1-2-4-14/h1-2,5-6H,3-4,13H2. The summed E-state index contributed by atoms with van der Waals surface area (Å²) in [6.45, 7) is 1.75. The topological polar surface area (TPSA) is 29.3 Å². The molecule has 2 rings (SSSR count). The summed E-state index contributed by atoms with van der Waals surface area (Å²) in [6.07, 6.45) is 4.20. The first-order valence-corrected chi connectivity index (χ1v) is 5.08. The van der Waals surface area contributed by atoms with Crippen molar-refractivity contribution in [3.05, 3.63) is 34.3 Å². The smallest absolute Gasteiger partial charge is 0.0621 e. The lowest BCUT2D eigenvalue weighted by molar-refractivity contribution is 1.01. The number of hydrogen-bond acceptors (Lipinski definition) is 2. The van der Waals surface area contributed by atoms with E-state index in [0.29, 0.717) is 15.7 Å².